The van der Waals surface area contributed by atoms with Gasteiger partial charge < -0.3 is 9.64 Å². The van der Waals surface area contributed by atoms with Crippen LogP contribution in [0.25, 0.3) is 0 Å². The van der Waals surface area contributed by atoms with E-state index in [1.54, 1.807) is 0 Å². The lowest BCUT2D eigenvalue weighted by atomic mass is 10.1. The molecule has 2 unspecified atom stereocenters. The van der Waals surface area contributed by atoms with Gasteiger partial charge in [-0.25, -0.2) is 0 Å². The molecule has 0 spiro atoms. The summed E-state index contributed by atoms with van der Waals surface area (Å²) in [5.41, 5.74) is 3.90. The van der Waals surface area contributed by atoms with Gasteiger partial charge >= 0.3 is 0 Å². The maximum Gasteiger partial charge on any atom is 0.169 e. The third-order valence-corrected chi connectivity index (χ3v) is 4.04. The van der Waals surface area contributed by atoms with Crippen LogP contribution in [0.15, 0.2) is 48.5 Å². The molecular weight excluding hydrogens is 246 g/mol. The highest BCUT2D eigenvalue weighted by atomic mass is 16.5. The number of fused-ring (bicyclic) bond motifs is 1. The van der Waals surface area contributed by atoms with Crippen molar-refractivity contribution in [2.24, 2.45) is 0 Å². The van der Waals surface area contributed by atoms with Crippen molar-refractivity contribution < 1.29 is 4.74 Å². The first-order valence-corrected chi connectivity index (χ1v) is 7.25. The van der Waals surface area contributed by atoms with Gasteiger partial charge in [0.2, 0.25) is 0 Å². The monoisotopic (exact) mass is 267 g/mol. The molecule has 1 heterocycles. The molecule has 2 atom stereocenters. The number of rotatable bonds is 3. The number of hydrogen-bond acceptors (Lipinski definition) is 2. The second kappa shape index (κ2) is 5.20. The summed E-state index contributed by atoms with van der Waals surface area (Å²) in [5, 5.41) is 0. The third kappa shape index (κ3) is 2.26. The SMILES string of the molecule is Cc1ccccc1OC(C)N1c2ccccc2CC1C. The average molecular weight is 267 g/mol. The number of nitrogens with zero attached hydrogens (tertiary/aromatic N) is 1. The van der Waals surface area contributed by atoms with Crippen LogP contribution in [0.4, 0.5) is 5.69 Å². The molecule has 1 aliphatic rings. The highest BCUT2D eigenvalue weighted by Crippen LogP contribution is 2.34. The summed E-state index contributed by atoms with van der Waals surface area (Å²) in [4.78, 5) is 2.38. The fourth-order valence-electron chi connectivity index (χ4n) is 3.07. The summed E-state index contributed by atoms with van der Waals surface area (Å²) < 4.78 is 6.18. The first kappa shape index (κ1) is 13.0. The molecule has 2 aromatic carbocycles. The van der Waals surface area contributed by atoms with Crippen molar-refractivity contribution in [2.75, 3.05) is 4.90 Å². The minimum atomic E-state index is 0.0368. The highest BCUT2D eigenvalue weighted by Gasteiger charge is 2.30. The van der Waals surface area contributed by atoms with Crippen LogP contribution in [0.2, 0.25) is 0 Å². The maximum atomic E-state index is 6.18. The Morgan fingerprint density at radius 1 is 1.10 bits per heavy atom. The van der Waals surface area contributed by atoms with Gasteiger partial charge in [-0.05, 0) is 50.5 Å². The van der Waals surface area contributed by atoms with E-state index in [2.05, 4.69) is 56.0 Å². The third-order valence-electron chi connectivity index (χ3n) is 4.04. The van der Waals surface area contributed by atoms with Gasteiger partial charge in [-0.3, -0.25) is 0 Å². The van der Waals surface area contributed by atoms with Crippen molar-refractivity contribution in [3.63, 3.8) is 0 Å². The summed E-state index contributed by atoms with van der Waals surface area (Å²) >= 11 is 0. The fourth-order valence-corrected chi connectivity index (χ4v) is 3.07. The van der Waals surface area contributed by atoms with Crippen molar-refractivity contribution in [1.29, 1.82) is 0 Å². The van der Waals surface area contributed by atoms with Gasteiger partial charge in [0, 0.05) is 11.7 Å². The number of hydrogen-bond donors (Lipinski definition) is 0. The van der Waals surface area contributed by atoms with E-state index in [1.165, 1.54) is 16.8 Å². The first-order chi connectivity index (χ1) is 9.66. The number of anilines is 1. The van der Waals surface area contributed by atoms with Crippen LogP contribution in [0, 0.1) is 6.92 Å². The minimum absolute atomic E-state index is 0.0368. The van der Waals surface area contributed by atoms with Crippen LogP contribution in [-0.2, 0) is 6.42 Å². The van der Waals surface area contributed by atoms with Crippen LogP contribution in [0.3, 0.4) is 0 Å². The van der Waals surface area contributed by atoms with Crippen molar-refractivity contribution >= 4 is 5.69 Å². The molecule has 0 amide bonds. The van der Waals surface area contributed by atoms with Gasteiger partial charge in [0.15, 0.2) is 6.23 Å². The minimum Gasteiger partial charge on any atom is -0.471 e. The van der Waals surface area contributed by atoms with E-state index in [-0.39, 0.29) is 6.23 Å². The summed E-state index contributed by atoms with van der Waals surface area (Å²) in [6, 6.07) is 17.3. The van der Waals surface area contributed by atoms with Crippen LogP contribution < -0.4 is 9.64 Å². The topological polar surface area (TPSA) is 12.5 Å². The Kier molecular flexibility index (Phi) is 3.39. The zero-order chi connectivity index (χ0) is 14.1. The standard InChI is InChI=1S/C18H21NO/c1-13-8-4-7-11-18(13)20-15(3)19-14(2)12-16-9-5-6-10-17(16)19/h4-11,14-15H,12H2,1-3H3. The predicted octanol–water partition coefficient (Wildman–Crippen LogP) is 4.17. The summed E-state index contributed by atoms with van der Waals surface area (Å²) in [6.07, 6.45) is 1.13. The summed E-state index contributed by atoms with van der Waals surface area (Å²) in [7, 11) is 0. The fraction of sp³-hybridized carbons (Fsp3) is 0.333. The summed E-state index contributed by atoms with van der Waals surface area (Å²) in [5.74, 6) is 0.969. The zero-order valence-electron chi connectivity index (χ0n) is 12.3. The van der Waals surface area contributed by atoms with Crippen molar-refractivity contribution in [2.45, 2.75) is 39.5 Å². The smallest absolute Gasteiger partial charge is 0.169 e. The molecule has 20 heavy (non-hydrogen) atoms. The van der Waals surface area contributed by atoms with Gasteiger partial charge in [0.1, 0.15) is 5.75 Å². The molecule has 2 nitrogen and oxygen atoms in total. The maximum absolute atomic E-state index is 6.18. The lowest BCUT2D eigenvalue weighted by Gasteiger charge is -2.32. The van der Waals surface area contributed by atoms with Crippen molar-refractivity contribution in [1.82, 2.24) is 0 Å². The second-order valence-electron chi connectivity index (χ2n) is 5.57. The normalized spacial score (nSPS) is 18.8. The Bertz CT molecular complexity index is 608. The van der Waals surface area contributed by atoms with E-state index in [4.69, 9.17) is 4.74 Å². The lowest BCUT2D eigenvalue weighted by molar-refractivity contribution is 0.206. The molecule has 0 bridgehead atoms. The van der Waals surface area contributed by atoms with Gasteiger partial charge in [0.05, 0.1) is 0 Å². The largest absolute Gasteiger partial charge is 0.471 e. The van der Waals surface area contributed by atoms with E-state index in [0.29, 0.717) is 6.04 Å². The van der Waals surface area contributed by atoms with Gasteiger partial charge in [0.25, 0.3) is 0 Å². The molecule has 104 valence electrons. The Hall–Kier alpha value is -1.96. The van der Waals surface area contributed by atoms with Crippen LogP contribution in [0.1, 0.15) is 25.0 Å². The van der Waals surface area contributed by atoms with Crippen molar-refractivity contribution in [3.8, 4) is 5.75 Å². The quantitative estimate of drug-likeness (QED) is 0.827. The van der Waals surface area contributed by atoms with Crippen LogP contribution >= 0.6 is 0 Å². The van der Waals surface area contributed by atoms with Gasteiger partial charge in [-0.1, -0.05) is 36.4 Å². The molecule has 2 heteroatoms. The number of aryl methyl sites for hydroxylation is 1. The van der Waals surface area contributed by atoms with E-state index in [0.717, 1.165) is 12.2 Å². The highest BCUT2D eigenvalue weighted by molar-refractivity contribution is 5.59. The van der Waals surface area contributed by atoms with E-state index >= 15 is 0 Å². The number of para-hydroxylation sites is 2. The van der Waals surface area contributed by atoms with Crippen LogP contribution in [-0.4, -0.2) is 12.3 Å². The molecule has 0 aromatic heterocycles. The molecule has 2 aromatic rings. The van der Waals surface area contributed by atoms with Crippen molar-refractivity contribution in [3.05, 3.63) is 59.7 Å². The van der Waals surface area contributed by atoms with Gasteiger partial charge in [-0.2, -0.15) is 0 Å². The average Bonchev–Trinajstić information content (AvgIpc) is 2.77. The molecule has 1 aliphatic heterocycles. The Balaban J connectivity index is 1.84. The van der Waals surface area contributed by atoms with Crippen LogP contribution in [0.5, 0.6) is 5.75 Å². The molecule has 0 saturated carbocycles. The number of benzene rings is 2. The Morgan fingerprint density at radius 2 is 1.80 bits per heavy atom. The molecule has 0 aliphatic carbocycles. The molecule has 3 rings (SSSR count). The second-order valence-corrected chi connectivity index (χ2v) is 5.57. The number of ether oxygens (including phenoxy) is 1. The van der Waals surface area contributed by atoms with E-state index < -0.39 is 0 Å². The molecule has 0 N–H and O–H groups in total. The first-order valence-electron chi connectivity index (χ1n) is 7.25. The molecule has 0 saturated heterocycles. The predicted molar refractivity (Wildman–Crippen MR) is 83.4 cm³/mol. The lowest BCUT2D eigenvalue weighted by Crippen LogP contribution is -2.41. The molecule has 0 radical (unpaired) electrons. The molecule has 0 fully saturated rings. The van der Waals surface area contributed by atoms with E-state index in [1.807, 2.05) is 18.2 Å². The zero-order valence-corrected chi connectivity index (χ0v) is 12.3. The Morgan fingerprint density at radius 3 is 2.60 bits per heavy atom. The Labute approximate surface area is 121 Å². The molecular formula is C18H21NO. The van der Waals surface area contributed by atoms with Gasteiger partial charge in [-0.15, -0.1) is 0 Å². The summed E-state index contributed by atoms with van der Waals surface area (Å²) in [6.45, 7) is 6.48. The van der Waals surface area contributed by atoms with E-state index in [9.17, 15) is 0 Å².